The van der Waals surface area contributed by atoms with Gasteiger partial charge in [0, 0.05) is 12.1 Å². The molecule has 146 valence electrons. The number of hydrogen-bond donors (Lipinski definition) is 2. The average molecular weight is 423 g/mol. The molecular weight excluding hydrogens is 404 g/mol. The molecule has 0 aliphatic heterocycles. The van der Waals surface area contributed by atoms with Gasteiger partial charge in [0.15, 0.2) is 10.9 Å². The number of hydrogen-bond acceptors (Lipinski definition) is 6. The Morgan fingerprint density at radius 1 is 1.07 bits per heavy atom. The lowest BCUT2D eigenvalue weighted by molar-refractivity contribution is -0.119. The molecule has 29 heavy (non-hydrogen) atoms. The Morgan fingerprint density at radius 2 is 1.83 bits per heavy atom. The van der Waals surface area contributed by atoms with Gasteiger partial charge >= 0.3 is 0 Å². The molecule has 2 aromatic heterocycles. The fourth-order valence-corrected chi connectivity index (χ4v) is 3.85. The minimum absolute atomic E-state index is 0.136. The molecule has 4 aromatic rings. The number of nitrogens with zero attached hydrogens (tertiary/aromatic N) is 4. The van der Waals surface area contributed by atoms with E-state index in [2.05, 4.69) is 25.9 Å². The second kappa shape index (κ2) is 8.46. The molecule has 1 amide bonds. The van der Waals surface area contributed by atoms with Crippen molar-refractivity contribution in [2.45, 2.75) is 19.9 Å². The van der Waals surface area contributed by atoms with Crippen LogP contribution < -0.4 is 10.6 Å². The van der Waals surface area contributed by atoms with Gasteiger partial charge in [-0.3, -0.25) is 4.79 Å². The summed E-state index contributed by atoms with van der Waals surface area (Å²) in [5, 5.41) is 19.6. The molecule has 0 aliphatic carbocycles. The second-order valence-electron chi connectivity index (χ2n) is 6.44. The van der Waals surface area contributed by atoms with Gasteiger partial charge in [0.25, 0.3) is 0 Å². The van der Waals surface area contributed by atoms with E-state index in [0.29, 0.717) is 18.1 Å². The molecule has 0 saturated heterocycles. The molecule has 0 atom stereocenters. The highest BCUT2D eigenvalue weighted by Crippen LogP contribution is 2.25. The molecule has 0 spiro atoms. The Bertz CT molecular complexity index is 1150. The van der Waals surface area contributed by atoms with E-state index in [1.165, 1.54) is 11.3 Å². The van der Waals surface area contributed by atoms with Crippen molar-refractivity contribution in [2.24, 2.45) is 0 Å². The van der Waals surface area contributed by atoms with Crippen molar-refractivity contribution in [1.82, 2.24) is 30.4 Å². The predicted molar refractivity (Wildman–Crippen MR) is 117 cm³/mol. The fraction of sp³-hybridized carbons (Fsp3) is 0.150. The maximum atomic E-state index is 12.1. The number of carbonyl (C=O) groups is 1. The Balaban J connectivity index is 1.30. The molecule has 4 rings (SSSR count). The number of carbonyl (C=O) groups excluding carboxylic acids is 1. The Hall–Kier alpha value is -3.17. The molecule has 0 aliphatic rings. The van der Waals surface area contributed by atoms with Gasteiger partial charge in [-0.1, -0.05) is 65.9 Å². The molecule has 0 bridgehead atoms. The van der Waals surface area contributed by atoms with Crippen LogP contribution >= 0.6 is 23.6 Å². The van der Waals surface area contributed by atoms with Crippen LogP contribution in [0.1, 0.15) is 17.0 Å². The normalized spacial score (nSPS) is 10.8. The van der Waals surface area contributed by atoms with Crippen LogP contribution in [0, 0.1) is 6.92 Å². The molecule has 9 heteroatoms. The number of thiocarbonyl (C=S) groups is 1. The molecule has 0 fully saturated rings. The van der Waals surface area contributed by atoms with Crippen LogP contribution in [0.3, 0.4) is 0 Å². The largest absolute Gasteiger partial charge is 0.358 e. The van der Waals surface area contributed by atoms with E-state index in [0.717, 1.165) is 32.5 Å². The maximum Gasteiger partial charge on any atom is 0.234 e. The number of aromatic nitrogens is 4. The third-order valence-corrected chi connectivity index (χ3v) is 5.46. The zero-order valence-corrected chi connectivity index (χ0v) is 17.3. The minimum atomic E-state index is -0.136. The number of rotatable bonds is 5. The van der Waals surface area contributed by atoms with Gasteiger partial charge in [0.05, 0.1) is 6.42 Å². The van der Waals surface area contributed by atoms with E-state index in [9.17, 15) is 4.79 Å². The van der Waals surface area contributed by atoms with Crippen molar-refractivity contribution >= 4 is 39.5 Å². The smallest absolute Gasteiger partial charge is 0.234 e. The monoisotopic (exact) mass is 422 g/mol. The average Bonchev–Trinajstić information content (AvgIpc) is 3.30. The molecule has 7 nitrogen and oxygen atoms in total. The zero-order chi connectivity index (χ0) is 20.2. The number of fused-ring (bicyclic) bond motifs is 1. The van der Waals surface area contributed by atoms with Crippen LogP contribution in [-0.2, 0) is 17.8 Å². The highest BCUT2D eigenvalue weighted by Gasteiger charge is 2.10. The number of aryl methyl sites for hydroxylation is 1. The van der Waals surface area contributed by atoms with Crippen molar-refractivity contribution < 1.29 is 4.79 Å². The number of amides is 1. The summed E-state index contributed by atoms with van der Waals surface area (Å²) in [5.74, 6) is 0.633. The lowest BCUT2D eigenvalue weighted by atomic mass is 10.1. The van der Waals surface area contributed by atoms with Crippen LogP contribution in [0.2, 0.25) is 0 Å². The first-order valence-corrected chi connectivity index (χ1v) is 10.2. The van der Waals surface area contributed by atoms with Crippen molar-refractivity contribution in [3.63, 3.8) is 0 Å². The van der Waals surface area contributed by atoms with E-state index < -0.39 is 0 Å². The quantitative estimate of drug-likeness (QED) is 0.481. The van der Waals surface area contributed by atoms with Gasteiger partial charge in [-0.2, -0.15) is 9.61 Å². The third kappa shape index (κ3) is 4.64. The summed E-state index contributed by atoms with van der Waals surface area (Å²) < 4.78 is 1.74. The first-order valence-electron chi connectivity index (χ1n) is 8.98. The van der Waals surface area contributed by atoms with Crippen LogP contribution in [0.15, 0.2) is 54.6 Å². The first kappa shape index (κ1) is 19.2. The first-order chi connectivity index (χ1) is 14.1. The Labute approximate surface area is 176 Å². The van der Waals surface area contributed by atoms with Gasteiger partial charge in [0.2, 0.25) is 10.9 Å². The Morgan fingerprint density at radius 3 is 2.55 bits per heavy atom. The van der Waals surface area contributed by atoms with Crippen LogP contribution in [0.4, 0.5) is 0 Å². The summed E-state index contributed by atoms with van der Waals surface area (Å²) in [6.45, 7) is 2.40. The van der Waals surface area contributed by atoms with Gasteiger partial charge in [-0.15, -0.1) is 10.2 Å². The summed E-state index contributed by atoms with van der Waals surface area (Å²) in [4.78, 5) is 12.8. The summed E-state index contributed by atoms with van der Waals surface area (Å²) in [5.41, 5.74) is 3.01. The SMILES string of the molecule is Cc1nnc2sc(-c3ccc(CNC(=S)NC(=O)Cc4ccccc4)cc3)nn12. The highest BCUT2D eigenvalue weighted by molar-refractivity contribution is 7.80. The van der Waals surface area contributed by atoms with Crippen LogP contribution in [0.25, 0.3) is 15.5 Å². The van der Waals surface area contributed by atoms with Crippen molar-refractivity contribution in [1.29, 1.82) is 0 Å². The third-order valence-electron chi connectivity index (χ3n) is 4.26. The standard InChI is InChI=1S/C20H18N6OS2/c1-13-23-24-20-26(13)25-18(29-20)16-9-7-15(8-10-16)12-21-19(28)22-17(27)11-14-5-3-2-4-6-14/h2-10H,11-12H2,1H3,(H2,21,22,27,28). The molecule has 0 unspecified atom stereocenters. The zero-order valence-electron chi connectivity index (χ0n) is 15.6. The summed E-state index contributed by atoms with van der Waals surface area (Å²) >= 11 is 6.72. The topological polar surface area (TPSA) is 84.2 Å². The molecule has 2 heterocycles. The van der Waals surface area contributed by atoms with Gasteiger partial charge in [0.1, 0.15) is 5.01 Å². The predicted octanol–water partition coefficient (Wildman–Crippen LogP) is 2.89. The number of benzene rings is 2. The van der Waals surface area contributed by atoms with Gasteiger partial charge in [-0.25, -0.2) is 0 Å². The van der Waals surface area contributed by atoms with E-state index in [1.54, 1.807) is 4.52 Å². The molecule has 2 aromatic carbocycles. The van der Waals surface area contributed by atoms with Crippen molar-refractivity contribution in [2.75, 3.05) is 0 Å². The van der Waals surface area contributed by atoms with E-state index in [4.69, 9.17) is 12.2 Å². The fourth-order valence-electron chi connectivity index (χ4n) is 2.78. The lowest BCUT2D eigenvalue weighted by Gasteiger charge is -2.10. The van der Waals surface area contributed by atoms with Gasteiger partial charge < -0.3 is 10.6 Å². The lowest BCUT2D eigenvalue weighted by Crippen LogP contribution is -2.39. The molecule has 0 radical (unpaired) electrons. The van der Waals surface area contributed by atoms with E-state index >= 15 is 0 Å². The molecular formula is C20H18N6OS2. The highest BCUT2D eigenvalue weighted by atomic mass is 32.1. The molecule has 0 saturated carbocycles. The Kier molecular flexibility index (Phi) is 5.59. The van der Waals surface area contributed by atoms with E-state index in [1.807, 2.05) is 61.5 Å². The van der Waals surface area contributed by atoms with Crippen molar-refractivity contribution in [3.8, 4) is 10.6 Å². The van der Waals surface area contributed by atoms with E-state index in [-0.39, 0.29) is 5.91 Å². The maximum absolute atomic E-state index is 12.1. The second-order valence-corrected chi connectivity index (χ2v) is 7.80. The summed E-state index contributed by atoms with van der Waals surface area (Å²) in [7, 11) is 0. The summed E-state index contributed by atoms with van der Waals surface area (Å²) in [6.07, 6.45) is 0.295. The van der Waals surface area contributed by atoms with Crippen LogP contribution in [-0.4, -0.2) is 30.8 Å². The number of nitrogens with one attached hydrogen (secondary N) is 2. The van der Waals surface area contributed by atoms with Crippen molar-refractivity contribution in [3.05, 3.63) is 71.5 Å². The molecule has 2 N–H and O–H groups in total. The minimum Gasteiger partial charge on any atom is -0.358 e. The summed E-state index contributed by atoms with van der Waals surface area (Å²) in [6, 6.07) is 17.6. The van der Waals surface area contributed by atoms with Crippen LogP contribution in [0.5, 0.6) is 0 Å². The van der Waals surface area contributed by atoms with Gasteiger partial charge in [-0.05, 0) is 30.3 Å².